The number of carbonyl (C=O) groups excluding carboxylic acids is 1. The lowest BCUT2D eigenvalue weighted by Crippen LogP contribution is -2.46. The molecule has 1 saturated carbocycles. The molecule has 0 radical (unpaired) electrons. The molecule has 140 valence electrons. The molecule has 0 spiro atoms. The first-order valence-corrected chi connectivity index (χ1v) is 9.36. The predicted octanol–water partition coefficient (Wildman–Crippen LogP) is 3.38. The summed E-state index contributed by atoms with van der Waals surface area (Å²) in [7, 11) is 1.86. The van der Waals surface area contributed by atoms with Gasteiger partial charge in [0.15, 0.2) is 0 Å². The van der Waals surface area contributed by atoms with E-state index in [9.17, 15) is 9.90 Å². The number of amides is 2. The molecule has 0 unspecified atom stereocenters. The smallest absolute Gasteiger partial charge is 0.317 e. The maximum Gasteiger partial charge on any atom is 0.317 e. The van der Waals surface area contributed by atoms with Crippen molar-refractivity contribution >= 4 is 6.03 Å². The van der Waals surface area contributed by atoms with Gasteiger partial charge in [-0.3, -0.25) is 0 Å². The Morgan fingerprint density at radius 1 is 1.28 bits per heavy atom. The number of ether oxygens (including phenoxy) is 1. The topological polar surface area (TPSA) is 61.8 Å². The highest BCUT2D eigenvalue weighted by Crippen LogP contribution is 2.27. The van der Waals surface area contributed by atoms with Crippen LogP contribution in [-0.4, -0.2) is 48.9 Å². The van der Waals surface area contributed by atoms with Gasteiger partial charge in [-0.1, -0.05) is 32.0 Å². The molecular weight excluding hydrogens is 316 g/mol. The number of rotatable bonds is 7. The molecule has 0 aliphatic heterocycles. The molecule has 1 fully saturated rings. The van der Waals surface area contributed by atoms with Gasteiger partial charge in [-0.05, 0) is 49.1 Å². The van der Waals surface area contributed by atoms with E-state index in [0.29, 0.717) is 25.0 Å². The Bertz CT molecular complexity index is 539. The van der Waals surface area contributed by atoms with Crippen molar-refractivity contribution < 1.29 is 14.6 Å². The van der Waals surface area contributed by atoms with E-state index < -0.39 is 0 Å². The van der Waals surface area contributed by atoms with Crippen molar-refractivity contribution in [2.24, 2.45) is 5.92 Å². The molecule has 5 heteroatoms. The normalized spacial score (nSPS) is 20.4. The van der Waals surface area contributed by atoms with Crippen LogP contribution in [0.2, 0.25) is 0 Å². The largest absolute Gasteiger partial charge is 0.491 e. The van der Waals surface area contributed by atoms with E-state index in [4.69, 9.17) is 4.74 Å². The van der Waals surface area contributed by atoms with Crippen LogP contribution in [0.15, 0.2) is 24.3 Å². The summed E-state index contributed by atoms with van der Waals surface area (Å²) in [4.78, 5) is 14.1. The molecule has 25 heavy (non-hydrogen) atoms. The predicted molar refractivity (Wildman–Crippen MR) is 100 cm³/mol. The fourth-order valence-corrected chi connectivity index (χ4v) is 3.41. The molecule has 0 heterocycles. The van der Waals surface area contributed by atoms with Crippen LogP contribution in [0.4, 0.5) is 4.79 Å². The number of benzene rings is 1. The molecule has 2 rings (SSSR count). The van der Waals surface area contributed by atoms with Crippen molar-refractivity contribution in [3.05, 3.63) is 29.8 Å². The number of nitrogens with one attached hydrogen (secondary N) is 1. The summed E-state index contributed by atoms with van der Waals surface area (Å²) < 4.78 is 5.84. The summed E-state index contributed by atoms with van der Waals surface area (Å²) in [6, 6.07) is 8.26. The van der Waals surface area contributed by atoms with Gasteiger partial charge in [0.1, 0.15) is 12.4 Å². The zero-order chi connectivity index (χ0) is 18.2. The second-order valence-electron chi connectivity index (χ2n) is 7.24. The third-order valence-corrected chi connectivity index (χ3v) is 5.12. The molecule has 0 saturated heterocycles. The number of para-hydroxylation sites is 1. The maximum atomic E-state index is 12.3. The van der Waals surface area contributed by atoms with Gasteiger partial charge in [-0.2, -0.15) is 0 Å². The minimum Gasteiger partial charge on any atom is -0.491 e. The molecular formula is C20H32N2O3. The Balaban J connectivity index is 1.72. The Morgan fingerprint density at radius 3 is 2.60 bits per heavy atom. The molecule has 1 aliphatic rings. The fraction of sp³-hybridized carbons (Fsp3) is 0.650. The highest BCUT2D eigenvalue weighted by Gasteiger charge is 2.25. The van der Waals surface area contributed by atoms with E-state index in [1.54, 1.807) is 4.90 Å². The summed E-state index contributed by atoms with van der Waals surface area (Å²) in [5, 5.41) is 12.1. The van der Waals surface area contributed by atoms with Crippen molar-refractivity contribution in [3.63, 3.8) is 0 Å². The first-order valence-electron chi connectivity index (χ1n) is 9.36. The van der Waals surface area contributed by atoms with Crippen molar-refractivity contribution in [1.82, 2.24) is 10.2 Å². The summed E-state index contributed by atoms with van der Waals surface area (Å²) in [5.74, 6) is 1.70. The number of nitrogens with zero attached hydrogens (tertiary/aromatic N) is 1. The number of urea groups is 1. The molecule has 2 N–H and O–H groups in total. The minimum atomic E-state index is -0.0480. The van der Waals surface area contributed by atoms with Crippen molar-refractivity contribution in [3.8, 4) is 5.75 Å². The Kier molecular flexibility index (Phi) is 7.56. The second-order valence-corrected chi connectivity index (χ2v) is 7.24. The lowest BCUT2D eigenvalue weighted by atomic mass is 9.86. The van der Waals surface area contributed by atoms with Crippen molar-refractivity contribution in [1.29, 1.82) is 0 Å². The lowest BCUT2D eigenvalue weighted by molar-refractivity contribution is 0.133. The zero-order valence-electron chi connectivity index (χ0n) is 15.7. The second kappa shape index (κ2) is 9.66. The summed E-state index contributed by atoms with van der Waals surface area (Å²) >= 11 is 0. The summed E-state index contributed by atoms with van der Waals surface area (Å²) in [6.07, 6.45) is 3.92. The SMILES string of the molecule is CC(C)c1ccccc1OCCNC(=O)N(C)C1CCC(CO)CC1. The van der Waals surface area contributed by atoms with E-state index in [2.05, 4.69) is 25.2 Å². The first-order chi connectivity index (χ1) is 12.0. The van der Waals surface area contributed by atoms with Gasteiger partial charge in [0.05, 0.1) is 6.54 Å². The van der Waals surface area contributed by atoms with Crippen molar-refractivity contribution in [2.45, 2.75) is 51.5 Å². The monoisotopic (exact) mass is 348 g/mol. The van der Waals surface area contributed by atoms with Crippen LogP contribution >= 0.6 is 0 Å². The molecule has 0 bridgehead atoms. The lowest BCUT2D eigenvalue weighted by Gasteiger charge is -2.34. The molecule has 5 nitrogen and oxygen atoms in total. The van der Waals surface area contributed by atoms with E-state index in [0.717, 1.165) is 31.4 Å². The van der Waals surface area contributed by atoms with Crippen LogP contribution in [-0.2, 0) is 0 Å². The van der Waals surface area contributed by atoms with Gasteiger partial charge in [0.25, 0.3) is 0 Å². The minimum absolute atomic E-state index is 0.0480. The van der Waals surface area contributed by atoms with E-state index >= 15 is 0 Å². The number of hydrogen-bond donors (Lipinski definition) is 2. The van der Waals surface area contributed by atoms with Crippen LogP contribution in [0.25, 0.3) is 0 Å². The Hall–Kier alpha value is -1.75. The standard InChI is InChI=1S/C20H32N2O3/c1-15(2)18-6-4-5-7-19(18)25-13-12-21-20(24)22(3)17-10-8-16(14-23)9-11-17/h4-7,15-17,23H,8-14H2,1-3H3,(H,21,24). The number of hydrogen-bond acceptors (Lipinski definition) is 3. The third kappa shape index (κ3) is 5.63. The average molecular weight is 348 g/mol. The van der Waals surface area contributed by atoms with E-state index in [1.165, 1.54) is 5.56 Å². The number of aliphatic hydroxyl groups is 1. The van der Waals surface area contributed by atoms with E-state index in [-0.39, 0.29) is 18.7 Å². The van der Waals surface area contributed by atoms with E-state index in [1.807, 2.05) is 25.2 Å². The van der Waals surface area contributed by atoms with Gasteiger partial charge in [0.2, 0.25) is 0 Å². The Labute approximate surface area is 151 Å². The van der Waals surface area contributed by atoms with Gasteiger partial charge in [0, 0.05) is 19.7 Å². The summed E-state index contributed by atoms with van der Waals surface area (Å²) in [5.41, 5.74) is 1.19. The molecule has 1 aromatic rings. The zero-order valence-corrected chi connectivity index (χ0v) is 15.7. The van der Waals surface area contributed by atoms with Gasteiger partial charge >= 0.3 is 6.03 Å². The quantitative estimate of drug-likeness (QED) is 0.743. The molecule has 2 amide bonds. The average Bonchev–Trinajstić information content (AvgIpc) is 2.64. The van der Waals surface area contributed by atoms with Crippen LogP contribution in [0.1, 0.15) is 51.0 Å². The van der Waals surface area contributed by atoms with Crippen LogP contribution < -0.4 is 10.1 Å². The molecule has 0 aromatic heterocycles. The van der Waals surface area contributed by atoms with Gasteiger partial charge in [-0.25, -0.2) is 4.79 Å². The number of carbonyl (C=O) groups is 1. The maximum absolute atomic E-state index is 12.3. The third-order valence-electron chi connectivity index (χ3n) is 5.12. The first kappa shape index (κ1) is 19.6. The summed E-state index contributed by atoms with van der Waals surface area (Å²) in [6.45, 7) is 5.49. The van der Waals surface area contributed by atoms with Gasteiger partial charge in [-0.15, -0.1) is 0 Å². The molecule has 1 aliphatic carbocycles. The van der Waals surface area contributed by atoms with Gasteiger partial charge < -0.3 is 20.1 Å². The van der Waals surface area contributed by atoms with Crippen LogP contribution in [0, 0.1) is 5.92 Å². The Morgan fingerprint density at radius 2 is 1.96 bits per heavy atom. The molecule has 0 atom stereocenters. The highest BCUT2D eigenvalue weighted by molar-refractivity contribution is 5.74. The molecule has 1 aromatic carbocycles. The fourth-order valence-electron chi connectivity index (χ4n) is 3.41. The van der Waals surface area contributed by atoms with Crippen LogP contribution in [0.5, 0.6) is 5.75 Å². The highest BCUT2D eigenvalue weighted by atomic mass is 16.5. The van der Waals surface area contributed by atoms with Crippen LogP contribution in [0.3, 0.4) is 0 Å². The number of aliphatic hydroxyl groups excluding tert-OH is 1. The van der Waals surface area contributed by atoms with Crippen molar-refractivity contribution in [2.75, 3.05) is 26.8 Å².